The highest BCUT2D eigenvalue weighted by Gasteiger charge is 2.30. The van der Waals surface area contributed by atoms with E-state index < -0.39 is 18.1 Å². The number of aliphatic hydroxyl groups excluding tert-OH is 1. The number of carbonyl (C=O) groups excluding carboxylic acids is 1. The predicted molar refractivity (Wildman–Crippen MR) is 132 cm³/mol. The fraction of sp³-hybridized carbons (Fsp3) is 0.692. The number of carbonyl (C=O) groups is 2. The summed E-state index contributed by atoms with van der Waals surface area (Å²) in [5.74, 6) is -1.19. The number of nitrogens with zero attached hydrogens (tertiary/aromatic N) is 1. The molecule has 7 heteroatoms. The number of allylic oxidation sites excluding steroid dienone is 6. The number of unbranched alkanes of at least 4 members (excludes halogenated alkanes) is 3. The molecule has 0 radical (unpaired) electrons. The summed E-state index contributed by atoms with van der Waals surface area (Å²) in [6.45, 7) is 2.25. The Balaban J connectivity index is 3.70. The average Bonchev–Trinajstić information content (AvgIpc) is 2.74. The van der Waals surface area contributed by atoms with Gasteiger partial charge in [-0.2, -0.15) is 0 Å². The summed E-state index contributed by atoms with van der Waals surface area (Å²) in [7, 11) is 5.45. The number of hydrogen-bond donors (Lipinski definition) is 2. The summed E-state index contributed by atoms with van der Waals surface area (Å²) in [5.41, 5.74) is 0. The quantitative estimate of drug-likeness (QED) is 0.120. The van der Waals surface area contributed by atoms with Gasteiger partial charge in [-0.1, -0.05) is 49.8 Å². The highest BCUT2D eigenvalue weighted by atomic mass is 16.5. The molecule has 0 saturated heterocycles. The molecule has 0 heterocycles. The number of aliphatic hydroxyl groups is 1. The number of quaternary nitrogens is 1. The molecule has 0 aromatic heterocycles. The van der Waals surface area contributed by atoms with Crippen LogP contribution in [0.2, 0.25) is 0 Å². The lowest BCUT2D eigenvalue weighted by atomic mass is 10.1. The smallest absolute Gasteiger partial charge is 0.362 e. The van der Waals surface area contributed by atoms with Gasteiger partial charge in [-0.25, -0.2) is 4.79 Å². The van der Waals surface area contributed by atoms with E-state index in [1.165, 1.54) is 0 Å². The molecule has 0 aromatic carbocycles. The molecule has 0 aromatic rings. The molecule has 0 aliphatic rings. The van der Waals surface area contributed by atoms with Gasteiger partial charge in [-0.15, -0.1) is 0 Å². The molecule has 0 bridgehead atoms. The number of aliphatic carboxylic acids is 1. The van der Waals surface area contributed by atoms with Gasteiger partial charge >= 0.3 is 11.9 Å². The minimum absolute atomic E-state index is 0.00766. The number of likely N-dealkylation sites (N-methyl/N-ethyl adjacent to an activating group) is 1. The van der Waals surface area contributed by atoms with Crippen molar-refractivity contribution in [3.8, 4) is 0 Å². The van der Waals surface area contributed by atoms with Gasteiger partial charge in [0.05, 0.1) is 34.4 Å². The predicted octanol–water partition coefficient (Wildman–Crippen LogP) is 4.27. The Bertz CT molecular complexity index is 606. The van der Waals surface area contributed by atoms with E-state index >= 15 is 0 Å². The second-order valence-corrected chi connectivity index (χ2v) is 9.06. The zero-order valence-corrected chi connectivity index (χ0v) is 21.1. The SMILES string of the molecule is CC/C=C\C/C=C\C/C=C\CCCCCC(=O)OCC(O)COCCC(C(=O)O)[N+](C)(C)C. The van der Waals surface area contributed by atoms with Crippen molar-refractivity contribution in [2.75, 3.05) is 41.0 Å². The number of ether oxygens (including phenoxy) is 2. The fourth-order valence-corrected chi connectivity index (χ4v) is 3.10. The normalized spacial score (nSPS) is 14.3. The maximum Gasteiger partial charge on any atom is 0.362 e. The summed E-state index contributed by atoms with van der Waals surface area (Å²) in [6, 6.07) is -0.578. The van der Waals surface area contributed by atoms with Gasteiger partial charge in [0.2, 0.25) is 0 Å². The van der Waals surface area contributed by atoms with Crippen molar-refractivity contribution in [2.24, 2.45) is 0 Å². The van der Waals surface area contributed by atoms with E-state index in [2.05, 4.69) is 43.4 Å². The Labute approximate surface area is 200 Å². The summed E-state index contributed by atoms with van der Waals surface area (Å²) in [5, 5.41) is 19.1. The van der Waals surface area contributed by atoms with Crippen LogP contribution in [0, 0.1) is 0 Å². The van der Waals surface area contributed by atoms with Crippen molar-refractivity contribution in [3.63, 3.8) is 0 Å². The topological polar surface area (TPSA) is 93.1 Å². The third-order valence-corrected chi connectivity index (χ3v) is 5.03. The molecule has 2 atom stereocenters. The average molecular weight is 469 g/mol. The molecule has 190 valence electrons. The maximum absolute atomic E-state index is 11.8. The number of carboxylic acid groups (broad SMARTS) is 1. The van der Waals surface area contributed by atoms with Crippen LogP contribution in [0.25, 0.3) is 0 Å². The van der Waals surface area contributed by atoms with Crippen LogP contribution in [0.4, 0.5) is 0 Å². The minimum atomic E-state index is -0.914. The first-order valence-electron chi connectivity index (χ1n) is 12.1. The molecule has 0 saturated carbocycles. The molecule has 0 amide bonds. The van der Waals surface area contributed by atoms with Crippen LogP contribution in [0.15, 0.2) is 36.5 Å². The number of rotatable bonds is 20. The van der Waals surface area contributed by atoms with Crippen molar-refractivity contribution < 1.29 is 33.8 Å². The monoisotopic (exact) mass is 468 g/mol. The fourth-order valence-electron chi connectivity index (χ4n) is 3.10. The van der Waals surface area contributed by atoms with Crippen LogP contribution < -0.4 is 0 Å². The summed E-state index contributed by atoms with van der Waals surface area (Å²) < 4.78 is 10.7. The first kappa shape index (κ1) is 31.0. The van der Waals surface area contributed by atoms with E-state index in [-0.39, 0.29) is 25.8 Å². The summed E-state index contributed by atoms with van der Waals surface area (Å²) in [4.78, 5) is 23.1. The van der Waals surface area contributed by atoms with Crippen LogP contribution in [0.1, 0.15) is 64.7 Å². The van der Waals surface area contributed by atoms with Crippen LogP contribution in [-0.4, -0.2) is 79.7 Å². The van der Waals surface area contributed by atoms with E-state index in [0.29, 0.717) is 17.3 Å². The lowest BCUT2D eigenvalue weighted by molar-refractivity contribution is -0.887. The highest BCUT2D eigenvalue weighted by Crippen LogP contribution is 2.09. The Kier molecular flexibility index (Phi) is 18.3. The summed E-state index contributed by atoms with van der Waals surface area (Å²) in [6.07, 6.45) is 19.6. The van der Waals surface area contributed by atoms with Gasteiger partial charge in [0, 0.05) is 12.8 Å². The zero-order chi connectivity index (χ0) is 25.0. The van der Waals surface area contributed by atoms with E-state index in [1.54, 1.807) is 0 Å². The van der Waals surface area contributed by atoms with Crippen molar-refractivity contribution in [1.29, 1.82) is 0 Å². The second kappa shape index (κ2) is 19.5. The Morgan fingerprint density at radius 3 is 2.15 bits per heavy atom. The van der Waals surface area contributed by atoms with Gasteiger partial charge in [0.25, 0.3) is 0 Å². The van der Waals surface area contributed by atoms with E-state index in [4.69, 9.17) is 9.47 Å². The van der Waals surface area contributed by atoms with Gasteiger partial charge in [-0.05, 0) is 38.5 Å². The third-order valence-electron chi connectivity index (χ3n) is 5.03. The molecule has 2 unspecified atom stereocenters. The molecule has 0 aliphatic carbocycles. The third kappa shape index (κ3) is 19.2. The lowest BCUT2D eigenvalue weighted by Crippen LogP contribution is -2.50. The van der Waals surface area contributed by atoms with Gasteiger partial charge in [0.15, 0.2) is 6.04 Å². The van der Waals surface area contributed by atoms with Crippen molar-refractivity contribution >= 4 is 11.9 Å². The standard InChI is InChI=1S/C26H45NO6/c1-5-6-7-8-9-10-11-12-13-14-15-16-17-18-25(29)33-22-23(28)21-32-20-19-24(26(30)31)27(2,3)4/h6-7,9-10,12-13,23-24,28H,5,8,11,14-22H2,1-4H3/p+1/b7-6-,10-9-,13-12-. The molecular weight excluding hydrogens is 422 g/mol. The van der Waals surface area contributed by atoms with Crippen LogP contribution >= 0.6 is 0 Å². The molecule has 33 heavy (non-hydrogen) atoms. The Hall–Kier alpha value is -1.96. The first-order chi connectivity index (χ1) is 15.7. The van der Waals surface area contributed by atoms with Crippen molar-refractivity contribution in [2.45, 2.75) is 76.9 Å². The van der Waals surface area contributed by atoms with Gasteiger partial charge in [0.1, 0.15) is 12.7 Å². The first-order valence-corrected chi connectivity index (χ1v) is 12.1. The van der Waals surface area contributed by atoms with Crippen LogP contribution in [0.5, 0.6) is 0 Å². The Morgan fingerprint density at radius 1 is 0.909 bits per heavy atom. The van der Waals surface area contributed by atoms with Crippen molar-refractivity contribution in [1.82, 2.24) is 0 Å². The highest BCUT2D eigenvalue weighted by molar-refractivity contribution is 5.72. The molecule has 0 spiro atoms. The maximum atomic E-state index is 11.8. The zero-order valence-electron chi connectivity index (χ0n) is 21.1. The largest absolute Gasteiger partial charge is 0.477 e. The second-order valence-electron chi connectivity index (χ2n) is 9.06. The molecule has 7 nitrogen and oxygen atoms in total. The minimum Gasteiger partial charge on any atom is -0.477 e. The molecule has 0 fully saturated rings. The number of hydrogen-bond acceptors (Lipinski definition) is 5. The summed E-state index contributed by atoms with van der Waals surface area (Å²) >= 11 is 0. The molecular formula is C26H46NO6+. The molecule has 0 rings (SSSR count). The van der Waals surface area contributed by atoms with E-state index in [9.17, 15) is 19.8 Å². The van der Waals surface area contributed by atoms with E-state index in [0.717, 1.165) is 44.9 Å². The number of carboxylic acids is 1. The number of esters is 1. The van der Waals surface area contributed by atoms with Gasteiger partial charge in [-0.3, -0.25) is 4.79 Å². The van der Waals surface area contributed by atoms with E-state index in [1.807, 2.05) is 21.1 Å². The lowest BCUT2D eigenvalue weighted by Gasteiger charge is -2.31. The van der Waals surface area contributed by atoms with Crippen LogP contribution in [0.3, 0.4) is 0 Å². The van der Waals surface area contributed by atoms with Gasteiger partial charge < -0.3 is 24.2 Å². The molecule has 2 N–H and O–H groups in total. The molecule has 0 aliphatic heterocycles. The Morgan fingerprint density at radius 2 is 1.55 bits per heavy atom. The van der Waals surface area contributed by atoms with Crippen molar-refractivity contribution in [3.05, 3.63) is 36.5 Å². The van der Waals surface area contributed by atoms with Crippen LogP contribution in [-0.2, 0) is 19.1 Å².